The van der Waals surface area contributed by atoms with Gasteiger partial charge in [0.15, 0.2) is 11.6 Å². The second-order valence-corrected chi connectivity index (χ2v) is 6.13. The fraction of sp³-hybridized carbons (Fsp3) is 0.474. The second-order valence-electron chi connectivity index (χ2n) is 6.13. The Morgan fingerprint density at radius 2 is 1.83 bits per heavy atom. The van der Waals surface area contributed by atoms with Crippen LogP contribution in [0.15, 0.2) is 28.7 Å². The third kappa shape index (κ3) is 4.16. The van der Waals surface area contributed by atoms with Crippen LogP contribution in [0.25, 0.3) is 0 Å². The molecule has 2 rings (SSSR count). The average Bonchev–Trinajstić information content (AvgIpc) is 2.97. The number of anilines is 1. The van der Waals surface area contributed by atoms with Gasteiger partial charge in [-0.15, -0.1) is 0 Å². The minimum atomic E-state index is -0.198. The van der Waals surface area contributed by atoms with E-state index in [1.165, 1.54) is 5.69 Å². The van der Waals surface area contributed by atoms with E-state index in [2.05, 4.69) is 41.2 Å². The lowest BCUT2D eigenvalue weighted by molar-refractivity contribution is 0.0945. The van der Waals surface area contributed by atoms with Crippen LogP contribution in [0.5, 0.6) is 0 Å². The number of carbonyl (C=O) groups excluding carboxylic acids is 1. The van der Waals surface area contributed by atoms with E-state index in [9.17, 15) is 4.79 Å². The smallest absolute Gasteiger partial charge is 0.273 e. The molecule has 0 unspecified atom stereocenters. The predicted octanol–water partition coefficient (Wildman–Crippen LogP) is 3.88. The molecule has 0 aliphatic rings. The van der Waals surface area contributed by atoms with E-state index in [0.717, 1.165) is 18.7 Å². The topological polar surface area (TPSA) is 58.4 Å². The van der Waals surface area contributed by atoms with Crippen molar-refractivity contribution in [3.8, 4) is 0 Å². The molecule has 1 N–H and O–H groups in total. The van der Waals surface area contributed by atoms with E-state index in [0.29, 0.717) is 23.9 Å². The molecule has 0 atom stereocenters. The normalized spacial score (nSPS) is 10.9. The van der Waals surface area contributed by atoms with Gasteiger partial charge in [0, 0.05) is 31.2 Å². The highest BCUT2D eigenvalue weighted by atomic mass is 16.4. The van der Waals surface area contributed by atoms with Crippen LogP contribution in [-0.4, -0.2) is 24.0 Å². The maximum atomic E-state index is 12.3. The van der Waals surface area contributed by atoms with Crippen molar-refractivity contribution in [3.05, 3.63) is 47.2 Å². The second kappa shape index (κ2) is 7.99. The lowest BCUT2D eigenvalue weighted by atomic mass is 10.2. The van der Waals surface area contributed by atoms with Crippen LogP contribution in [0, 0.1) is 6.92 Å². The quantitative estimate of drug-likeness (QED) is 0.837. The van der Waals surface area contributed by atoms with E-state index in [1.54, 1.807) is 6.92 Å². The van der Waals surface area contributed by atoms with Gasteiger partial charge in [-0.3, -0.25) is 4.79 Å². The Balaban J connectivity index is 1.99. The predicted molar refractivity (Wildman–Crippen MR) is 96.5 cm³/mol. The molecule has 0 fully saturated rings. The molecule has 1 aromatic heterocycles. The minimum absolute atomic E-state index is 0.165. The largest absolute Gasteiger partial charge is 0.445 e. The summed E-state index contributed by atoms with van der Waals surface area (Å²) in [6, 6.07) is 8.27. The molecule has 1 heterocycles. The summed E-state index contributed by atoms with van der Waals surface area (Å²) < 4.78 is 5.54. The molecule has 0 aliphatic heterocycles. The van der Waals surface area contributed by atoms with Gasteiger partial charge in [0.1, 0.15) is 5.76 Å². The zero-order chi connectivity index (χ0) is 17.7. The van der Waals surface area contributed by atoms with Crippen molar-refractivity contribution in [1.82, 2.24) is 10.3 Å². The third-order valence-electron chi connectivity index (χ3n) is 4.04. The first-order chi connectivity index (χ1) is 11.5. The standard InChI is InChI=1S/C19H27N3O2/c1-6-22(7-2)16-10-8-15(9-11-16)12-20-18(23)17-14(5)24-19(21-17)13(3)4/h8-11,13H,6-7,12H2,1-5H3,(H,20,23). The van der Waals surface area contributed by atoms with Crippen molar-refractivity contribution in [1.29, 1.82) is 0 Å². The number of aromatic nitrogens is 1. The number of nitrogens with one attached hydrogen (secondary N) is 1. The summed E-state index contributed by atoms with van der Waals surface area (Å²) in [6.45, 7) is 12.5. The molecule has 24 heavy (non-hydrogen) atoms. The summed E-state index contributed by atoms with van der Waals surface area (Å²) >= 11 is 0. The molecule has 0 saturated heterocycles. The molecule has 1 aromatic carbocycles. The molecule has 0 aliphatic carbocycles. The first-order valence-electron chi connectivity index (χ1n) is 8.55. The summed E-state index contributed by atoms with van der Waals surface area (Å²) in [5.41, 5.74) is 2.63. The zero-order valence-electron chi connectivity index (χ0n) is 15.2. The Kier molecular flexibility index (Phi) is 6.01. The number of nitrogens with zero attached hydrogens (tertiary/aromatic N) is 2. The molecular weight excluding hydrogens is 302 g/mol. The van der Waals surface area contributed by atoms with Crippen LogP contribution in [0.2, 0.25) is 0 Å². The average molecular weight is 329 g/mol. The van der Waals surface area contributed by atoms with Crippen molar-refractivity contribution in [3.63, 3.8) is 0 Å². The Bertz CT molecular complexity index is 670. The van der Waals surface area contributed by atoms with Crippen LogP contribution in [0.3, 0.4) is 0 Å². The first kappa shape index (κ1) is 18.0. The van der Waals surface area contributed by atoms with Crippen molar-refractivity contribution < 1.29 is 9.21 Å². The van der Waals surface area contributed by atoms with Crippen LogP contribution >= 0.6 is 0 Å². The summed E-state index contributed by atoms with van der Waals surface area (Å²) in [4.78, 5) is 18.9. The number of carbonyl (C=O) groups is 1. The van der Waals surface area contributed by atoms with E-state index < -0.39 is 0 Å². The van der Waals surface area contributed by atoms with E-state index in [1.807, 2.05) is 26.0 Å². The van der Waals surface area contributed by atoms with E-state index >= 15 is 0 Å². The van der Waals surface area contributed by atoms with E-state index in [4.69, 9.17) is 4.42 Å². The Morgan fingerprint density at radius 3 is 2.33 bits per heavy atom. The number of hydrogen-bond donors (Lipinski definition) is 1. The SMILES string of the molecule is CCN(CC)c1ccc(CNC(=O)c2nc(C(C)C)oc2C)cc1. The number of aryl methyl sites for hydroxylation is 1. The highest BCUT2D eigenvalue weighted by Gasteiger charge is 2.18. The molecule has 5 heteroatoms. The molecule has 2 aromatic rings. The highest BCUT2D eigenvalue weighted by Crippen LogP contribution is 2.18. The highest BCUT2D eigenvalue weighted by molar-refractivity contribution is 5.93. The van der Waals surface area contributed by atoms with Crippen LogP contribution < -0.4 is 10.2 Å². The zero-order valence-corrected chi connectivity index (χ0v) is 15.2. The number of amides is 1. The maximum Gasteiger partial charge on any atom is 0.273 e. The molecule has 5 nitrogen and oxygen atoms in total. The summed E-state index contributed by atoms with van der Waals surface area (Å²) in [5, 5.41) is 2.91. The molecule has 0 saturated carbocycles. The van der Waals surface area contributed by atoms with Crippen molar-refractivity contribution >= 4 is 11.6 Å². The maximum absolute atomic E-state index is 12.3. The van der Waals surface area contributed by atoms with Crippen LogP contribution in [0.4, 0.5) is 5.69 Å². The Labute approximate surface area is 144 Å². The third-order valence-corrected chi connectivity index (χ3v) is 4.04. The van der Waals surface area contributed by atoms with Gasteiger partial charge >= 0.3 is 0 Å². The van der Waals surface area contributed by atoms with Crippen LogP contribution in [0.1, 0.15) is 61.3 Å². The monoisotopic (exact) mass is 329 g/mol. The summed E-state index contributed by atoms with van der Waals surface area (Å²) in [7, 11) is 0. The lowest BCUT2D eigenvalue weighted by Crippen LogP contribution is -2.24. The number of rotatable bonds is 7. The molecular formula is C19H27N3O2. The first-order valence-corrected chi connectivity index (χ1v) is 8.55. The fourth-order valence-corrected chi connectivity index (χ4v) is 2.55. The van der Waals surface area contributed by atoms with Gasteiger partial charge in [0.05, 0.1) is 0 Å². The van der Waals surface area contributed by atoms with Crippen molar-refractivity contribution in [2.45, 2.75) is 47.1 Å². The van der Waals surface area contributed by atoms with Gasteiger partial charge < -0.3 is 14.6 Å². The molecule has 0 radical (unpaired) electrons. The van der Waals surface area contributed by atoms with Gasteiger partial charge in [-0.25, -0.2) is 4.98 Å². The Hall–Kier alpha value is -2.30. The van der Waals surface area contributed by atoms with Gasteiger partial charge in [-0.05, 0) is 38.5 Å². The molecule has 0 spiro atoms. The fourth-order valence-electron chi connectivity index (χ4n) is 2.55. The van der Waals surface area contributed by atoms with Gasteiger partial charge in [0.2, 0.25) is 0 Å². The van der Waals surface area contributed by atoms with Crippen LogP contribution in [-0.2, 0) is 6.54 Å². The number of benzene rings is 1. The van der Waals surface area contributed by atoms with Gasteiger partial charge in [-0.1, -0.05) is 26.0 Å². The van der Waals surface area contributed by atoms with Crippen molar-refractivity contribution in [2.75, 3.05) is 18.0 Å². The molecule has 130 valence electrons. The van der Waals surface area contributed by atoms with E-state index in [-0.39, 0.29) is 11.8 Å². The summed E-state index contributed by atoms with van der Waals surface area (Å²) in [6.07, 6.45) is 0. The Morgan fingerprint density at radius 1 is 1.21 bits per heavy atom. The lowest BCUT2D eigenvalue weighted by Gasteiger charge is -2.21. The van der Waals surface area contributed by atoms with Gasteiger partial charge in [0.25, 0.3) is 5.91 Å². The van der Waals surface area contributed by atoms with Gasteiger partial charge in [-0.2, -0.15) is 0 Å². The van der Waals surface area contributed by atoms with Crippen molar-refractivity contribution in [2.24, 2.45) is 0 Å². The molecule has 1 amide bonds. The minimum Gasteiger partial charge on any atom is -0.445 e. The number of hydrogen-bond acceptors (Lipinski definition) is 4. The summed E-state index contributed by atoms with van der Waals surface area (Å²) in [5.74, 6) is 1.13. The molecule has 0 bridgehead atoms. The number of oxazole rings is 1.